The summed E-state index contributed by atoms with van der Waals surface area (Å²) in [5.41, 5.74) is 3.39. The Kier molecular flexibility index (Phi) is 7.02. The van der Waals surface area contributed by atoms with Gasteiger partial charge in [0.2, 0.25) is 5.91 Å². The Bertz CT molecular complexity index is 569. The Labute approximate surface area is 143 Å². The molecule has 0 unspecified atom stereocenters. The van der Waals surface area contributed by atoms with E-state index in [-0.39, 0.29) is 5.91 Å². The molecule has 7 heteroatoms. The van der Waals surface area contributed by atoms with Crippen molar-refractivity contribution in [1.29, 1.82) is 0 Å². The molecular weight excluding hydrogens is 308 g/mol. The second-order valence-electron chi connectivity index (χ2n) is 5.80. The van der Waals surface area contributed by atoms with Gasteiger partial charge >= 0.3 is 0 Å². The molecule has 1 aliphatic rings. The zero-order valence-corrected chi connectivity index (χ0v) is 14.6. The van der Waals surface area contributed by atoms with Crippen LogP contribution in [-0.4, -0.2) is 75.9 Å². The molecular formula is C17H26N4O3. The Morgan fingerprint density at radius 1 is 1.21 bits per heavy atom. The van der Waals surface area contributed by atoms with Crippen LogP contribution in [0.4, 0.5) is 0 Å². The molecule has 1 saturated heterocycles. The van der Waals surface area contributed by atoms with Crippen LogP contribution in [0.3, 0.4) is 0 Å². The SMILES string of the molecule is COc1ccc(/C=N\NC(=O)CCN2CCN(C)CC2)cc1OC. The first-order valence-electron chi connectivity index (χ1n) is 8.07. The summed E-state index contributed by atoms with van der Waals surface area (Å²) >= 11 is 0. The summed E-state index contributed by atoms with van der Waals surface area (Å²) in [6.45, 7) is 4.90. The lowest BCUT2D eigenvalue weighted by molar-refractivity contribution is -0.121. The van der Waals surface area contributed by atoms with Crippen molar-refractivity contribution in [2.24, 2.45) is 5.10 Å². The summed E-state index contributed by atoms with van der Waals surface area (Å²) in [6.07, 6.45) is 2.04. The molecule has 1 aromatic carbocycles. The number of carbonyl (C=O) groups is 1. The number of hydrogen-bond donors (Lipinski definition) is 1. The van der Waals surface area contributed by atoms with Crippen LogP contribution in [0.1, 0.15) is 12.0 Å². The number of nitrogens with one attached hydrogen (secondary N) is 1. The van der Waals surface area contributed by atoms with Crippen LogP contribution >= 0.6 is 0 Å². The van der Waals surface area contributed by atoms with Gasteiger partial charge in [-0.1, -0.05) is 0 Å². The first-order chi connectivity index (χ1) is 11.6. The minimum Gasteiger partial charge on any atom is -0.493 e. The molecule has 1 fully saturated rings. The lowest BCUT2D eigenvalue weighted by Crippen LogP contribution is -2.45. The number of amides is 1. The van der Waals surface area contributed by atoms with E-state index in [9.17, 15) is 4.79 Å². The fraction of sp³-hybridized carbons (Fsp3) is 0.529. The highest BCUT2D eigenvalue weighted by molar-refractivity contribution is 5.83. The van der Waals surface area contributed by atoms with E-state index in [1.807, 2.05) is 6.07 Å². The van der Waals surface area contributed by atoms with E-state index in [4.69, 9.17) is 9.47 Å². The van der Waals surface area contributed by atoms with Crippen molar-refractivity contribution in [3.8, 4) is 11.5 Å². The van der Waals surface area contributed by atoms with Crippen molar-refractivity contribution >= 4 is 12.1 Å². The van der Waals surface area contributed by atoms with Crippen LogP contribution in [0.2, 0.25) is 0 Å². The number of ether oxygens (including phenoxy) is 2. The molecule has 0 spiro atoms. The van der Waals surface area contributed by atoms with Crippen molar-refractivity contribution in [3.05, 3.63) is 23.8 Å². The van der Waals surface area contributed by atoms with Crippen LogP contribution in [0.5, 0.6) is 11.5 Å². The number of piperazine rings is 1. The molecule has 0 aromatic heterocycles. The molecule has 0 saturated carbocycles. The molecule has 1 N–H and O–H groups in total. The fourth-order valence-corrected chi connectivity index (χ4v) is 2.50. The predicted octanol–water partition coefficient (Wildman–Crippen LogP) is 0.791. The van der Waals surface area contributed by atoms with Gasteiger partial charge in [0, 0.05) is 39.1 Å². The minimum absolute atomic E-state index is 0.0781. The number of carbonyl (C=O) groups excluding carboxylic acids is 1. The third-order valence-electron chi connectivity index (χ3n) is 4.06. The molecule has 24 heavy (non-hydrogen) atoms. The highest BCUT2D eigenvalue weighted by Crippen LogP contribution is 2.26. The highest BCUT2D eigenvalue weighted by atomic mass is 16.5. The molecule has 0 radical (unpaired) electrons. The van der Waals surface area contributed by atoms with E-state index in [1.165, 1.54) is 0 Å². The number of rotatable bonds is 7. The van der Waals surface area contributed by atoms with Crippen molar-refractivity contribution in [1.82, 2.24) is 15.2 Å². The lowest BCUT2D eigenvalue weighted by atomic mass is 10.2. The van der Waals surface area contributed by atoms with Gasteiger partial charge in [0.15, 0.2) is 11.5 Å². The first-order valence-corrected chi connectivity index (χ1v) is 8.07. The highest BCUT2D eigenvalue weighted by Gasteiger charge is 2.14. The summed E-state index contributed by atoms with van der Waals surface area (Å²) < 4.78 is 10.4. The number of nitrogens with zero attached hydrogens (tertiary/aromatic N) is 3. The Morgan fingerprint density at radius 2 is 1.92 bits per heavy atom. The maximum absolute atomic E-state index is 11.9. The van der Waals surface area contributed by atoms with E-state index >= 15 is 0 Å². The molecule has 7 nitrogen and oxygen atoms in total. The maximum Gasteiger partial charge on any atom is 0.241 e. The molecule has 1 aliphatic heterocycles. The Morgan fingerprint density at radius 3 is 2.58 bits per heavy atom. The van der Waals surface area contributed by atoms with Crippen LogP contribution in [0, 0.1) is 0 Å². The summed E-state index contributed by atoms with van der Waals surface area (Å²) in [5.74, 6) is 1.21. The number of hydrazone groups is 1. The van der Waals surface area contributed by atoms with E-state index in [0.29, 0.717) is 17.9 Å². The van der Waals surface area contributed by atoms with Gasteiger partial charge in [-0.25, -0.2) is 5.43 Å². The Hall–Kier alpha value is -2.12. The second-order valence-corrected chi connectivity index (χ2v) is 5.80. The van der Waals surface area contributed by atoms with Crippen molar-refractivity contribution in [2.75, 3.05) is 54.0 Å². The Balaban J connectivity index is 1.75. The molecule has 0 bridgehead atoms. The normalized spacial score (nSPS) is 16.3. The smallest absolute Gasteiger partial charge is 0.241 e. The lowest BCUT2D eigenvalue weighted by Gasteiger charge is -2.32. The van der Waals surface area contributed by atoms with Gasteiger partial charge in [-0.3, -0.25) is 4.79 Å². The second kappa shape index (κ2) is 9.24. The quantitative estimate of drug-likeness (QED) is 0.590. The van der Waals surface area contributed by atoms with Gasteiger partial charge in [0.05, 0.1) is 20.4 Å². The molecule has 1 aromatic rings. The van der Waals surface area contributed by atoms with Crippen LogP contribution in [0.15, 0.2) is 23.3 Å². The van der Waals surface area contributed by atoms with Crippen molar-refractivity contribution in [2.45, 2.75) is 6.42 Å². The van der Waals surface area contributed by atoms with Gasteiger partial charge in [-0.15, -0.1) is 0 Å². The zero-order valence-electron chi connectivity index (χ0n) is 14.6. The van der Waals surface area contributed by atoms with E-state index in [0.717, 1.165) is 38.3 Å². The number of likely N-dealkylation sites (N-methyl/N-ethyl adjacent to an activating group) is 1. The van der Waals surface area contributed by atoms with Gasteiger partial charge in [0.1, 0.15) is 0 Å². The average Bonchev–Trinajstić information content (AvgIpc) is 2.61. The van der Waals surface area contributed by atoms with E-state index < -0.39 is 0 Å². The fourth-order valence-electron chi connectivity index (χ4n) is 2.50. The summed E-state index contributed by atoms with van der Waals surface area (Å²) in [5, 5.41) is 4.00. The molecule has 2 rings (SSSR count). The third-order valence-corrected chi connectivity index (χ3v) is 4.06. The van der Waals surface area contributed by atoms with Crippen LogP contribution < -0.4 is 14.9 Å². The van der Waals surface area contributed by atoms with Crippen molar-refractivity contribution in [3.63, 3.8) is 0 Å². The predicted molar refractivity (Wildman–Crippen MR) is 93.8 cm³/mol. The van der Waals surface area contributed by atoms with Gasteiger partial charge in [-0.05, 0) is 30.8 Å². The number of hydrogen-bond acceptors (Lipinski definition) is 6. The van der Waals surface area contributed by atoms with Gasteiger partial charge < -0.3 is 19.3 Å². The minimum atomic E-state index is -0.0781. The number of benzene rings is 1. The first kappa shape index (κ1) is 18.2. The van der Waals surface area contributed by atoms with Gasteiger partial charge in [0.25, 0.3) is 0 Å². The topological polar surface area (TPSA) is 66.4 Å². The summed E-state index contributed by atoms with van der Waals surface area (Å²) in [7, 11) is 5.29. The van der Waals surface area contributed by atoms with Crippen molar-refractivity contribution < 1.29 is 14.3 Å². The molecule has 0 atom stereocenters. The molecule has 132 valence electrons. The summed E-state index contributed by atoms with van der Waals surface area (Å²) in [6, 6.07) is 5.45. The third kappa shape index (κ3) is 5.50. The number of methoxy groups -OCH3 is 2. The molecule has 1 heterocycles. The molecule has 1 amide bonds. The summed E-state index contributed by atoms with van der Waals surface area (Å²) in [4.78, 5) is 16.5. The average molecular weight is 334 g/mol. The standard InChI is InChI=1S/C17H26N4O3/c1-20-8-10-21(11-9-20)7-6-17(22)19-18-13-14-4-5-15(23-2)16(12-14)24-3/h4-5,12-13H,6-11H2,1-3H3,(H,19,22)/b18-13-. The monoisotopic (exact) mass is 334 g/mol. The van der Waals surface area contributed by atoms with Crippen LogP contribution in [-0.2, 0) is 4.79 Å². The largest absolute Gasteiger partial charge is 0.493 e. The van der Waals surface area contributed by atoms with Gasteiger partial charge in [-0.2, -0.15) is 5.10 Å². The van der Waals surface area contributed by atoms with E-state index in [1.54, 1.807) is 32.6 Å². The van der Waals surface area contributed by atoms with Crippen LogP contribution in [0.25, 0.3) is 0 Å². The maximum atomic E-state index is 11.9. The molecule has 0 aliphatic carbocycles. The van der Waals surface area contributed by atoms with E-state index in [2.05, 4.69) is 27.4 Å². The zero-order chi connectivity index (χ0) is 17.4.